The summed E-state index contributed by atoms with van der Waals surface area (Å²) >= 11 is 3.48. The van der Waals surface area contributed by atoms with E-state index in [4.69, 9.17) is 0 Å². The molecule has 0 aliphatic carbocycles. The average molecular weight is 491 g/mol. The van der Waals surface area contributed by atoms with Gasteiger partial charge in [0.15, 0.2) is 0 Å². The monoisotopic (exact) mass is 490 g/mol. The van der Waals surface area contributed by atoms with Gasteiger partial charge in [0.1, 0.15) is 6.54 Å². The molecule has 0 fully saturated rings. The van der Waals surface area contributed by atoms with Crippen LogP contribution < -0.4 is 0 Å². The summed E-state index contributed by atoms with van der Waals surface area (Å²) in [5, 5.41) is 0. The Morgan fingerprint density at radius 1 is 0.968 bits per heavy atom. The number of benzene rings is 1. The molecule has 0 N–H and O–H groups in total. The van der Waals surface area contributed by atoms with E-state index in [-0.39, 0.29) is 18.5 Å². The van der Waals surface area contributed by atoms with Crippen molar-refractivity contribution in [3.63, 3.8) is 0 Å². The van der Waals surface area contributed by atoms with Crippen LogP contribution in [-0.4, -0.2) is 64.9 Å². The van der Waals surface area contributed by atoms with Crippen molar-refractivity contribution < 1.29 is 9.59 Å². The number of hydrogen-bond donors (Lipinski definition) is 0. The summed E-state index contributed by atoms with van der Waals surface area (Å²) in [6, 6.07) is 12.3. The van der Waals surface area contributed by atoms with Gasteiger partial charge in [-0.1, -0.05) is 48.3 Å². The molecule has 0 spiro atoms. The van der Waals surface area contributed by atoms with Crippen molar-refractivity contribution in [2.24, 2.45) is 0 Å². The van der Waals surface area contributed by atoms with Crippen LogP contribution in [0.2, 0.25) is 0 Å². The molecule has 1 heterocycles. The van der Waals surface area contributed by atoms with Gasteiger partial charge in [0.2, 0.25) is 5.91 Å². The Morgan fingerprint density at radius 2 is 1.68 bits per heavy atom. The number of carbonyl (C=O) groups is 2. The Kier molecular flexibility index (Phi) is 10.1. The molecule has 3 amide bonds. The highest BCUT2D eigenvalue weighted by atomic mass is 79.9. The lowest BCUT2D eigenvalue weighted by Crippen LogP contribution is -2.46. The lowest BCUT2D eigenvalue weighted by Gasteiger charge is -2.29. The van der Waals surface area contributed by atoms with E-state index in [9.17, 15) is 9.59 Å². The third kappa shape index (κ3) is 7.73. The number of urea groups is 1. The number of unbranched alkanes of at least 4 members (excludes halogenated alkanes) is 1. The summed E-state index contributed by atoms with van der Waals surface area (Å²) in [6.45, 7) is 6.81. The first-order valence-electron chi connectivity index (χ1n) is 11.0. The van der Waals surface area contributed by atoms with E-state index in [1.807, 2.05) is 30.0 Å². The molecule has 0 radical (unpaired) electrons. The predicted octanol–water partition coefficient (Wildman–Crippen LogP) is 4.82. The predicted molar refractivity (Wildman–Crippen MR) is 129 cm³/mol. The highest BCUT2D eigenvalue weighted by Gasteiger charge is 2.22. The molecule has 0 saturated heterocycles. The van der Waals surface area contributed by atoms with Crippen LogP contribution in [-0.2, 0) is 17.9 Å². The zero-order chi connectivity index (χ0) is 22.8. The molecule has 0 atom stereocenters. The smallest absolute Gasteiger partial charge is 0.319 e. The molecule has 2 aromatic rings. The van der Waals surface area contributed by atoms with E-state index in [0.29, 0.717) is 19.6 Å². The van der Waals surface area contributed by atoms with Crippen LogP contribution in [0.3, 0.4) is 0 Å². The van der Waals surface area contributed by atoms with E-state index in [0.717, 1.165) is 36.0 Å². The Hall–Kier alpha value is -2.28. The molecule has 6 nitrogen and oxygen atoms in total. The summed E-state index contributed by atoms with van der Waals surface area (Å²) in [5.41, 5.74) is 2.30. The molecule has 1 aromatic heterocycles. The number of aromatic nitrogens is 1. The average Bonchev–Trinajstić information content (AvgIpc) is 3.18. The maximum absolute atomic E-state index is 13.2. The normalized spacial score (nSPS) is 10.7. The van der Waals surface area contributed by atoms with Crippen LogP contribution in [0.5, 0.6) is 0 Å². The lowest BCUT2D eigenvalue weighted by molar-refractivity contribution is -0.132. The number of rotatable bonds is 11. The Balaban J connectivity index is 2.13. The molecule has 170 valence electrons. The first-order chi connectivity index (χ1) is 14.8. The fourth-order valence-corrected chi connectivity index (χ4v) is 3.69. The van der Waals surface area contributed by atoms with Crippen LogP contribution >= 0.6 is 15.9 Å². The van der Waals surface area contributed by atoms with Gasteiger partial charge in [-0.2, -0.15) is 0 Å². The second-order valence-electron chi connectivity index (χ2n) is 8.02. The van der Waals surface area contributed by atoms with E-state index in [1.54, 1.807) is 19.0 Å². The maximum Gasteiger partial charge on any atom is 0.319 e. The number of hydrogen-bond acceptors (Lipinski definition) is 2. The number of nitrogens with zero attached hydrogens (tertiary/aromatic N) is 4. The summed E-state index contributed by atoms with van der Waals surface area (Å²) in [5.74, 6) is -0.00603. The number of halogens is 1. The van der Waals surface area contributed by atoms with E-state index < -0.39 is 0 Å². The van der Waals surface area contributed by atoms with Gasteiger partial charge in [-0.15, -0.1) is 0 Å². The topological polar surface area (TPSA) is 48.8 Å². The van der Waals surface area contributed by atoms with Crippen molar-refractivity contribution in [1.82, 2.24) is 19.3 Å². The van der Waals surface area contributed by atoms with Gasteiger partial charge < -0.3 is 19.3 Å². The second kappa shape index (κ2) is 12.5. The Bertz CT molecular complexity index is 832. The second-order valence-corrected chi connectivity index (χ2v) is 8.94. The summed E-state index contributed by atoms with van der Waals surface area (Å²) in [4.78, 5) is 30.7. The van der Waals surface area contributed by atoms with E-state index >= 15 is 0 Å². The first-order valence-corrected chi connectivity index (χ1v) is 11.8. The molecule has 7 heteroatoms. The SMILES string of the molecule is CCCCN(Cc1cccn1Cc1ccc(Br)cc1)C(=O)CN(CCC)C(=O)N(C)C. The van der Waals surface area contributed by atoms with Crippen LogP contribution in [0.4, 0.5) is 4.79 Å². The summed E-state index contributed by atoms with van der Waals surface area (Å²) in [6.07, 6.45) is 4.82. The quantitative estimate of drug-likeness (QED) is 0.453. The van der Waals surface area contributed by atoms with Gasteiger partial charge in [-0.25, -0.2) is 4.79 Å². The van der Waals surface area contributed by atoms with Gasteiger partial charge in [0.25, 0.3) is 0 Å². The third-order valence-electron chi connectivity index (χ3n) is 5.15. The van der Waals surface area contributed by atoms with Gasteiger partial charge in [0, 0.05) is 50.1 Å². The molecule has 1 aromatic carbocycles. The van der Waals surface area contributed by atoms with Gasteiger partial charge >= 0.3 is 6.03 Å². The number of amides is 3. The van der Waals surface area contributed by atoms with E-state index in [2.05, 4.69) is 51.8 Å². The minimum atomic E-state index is -0.121. The fraction of sp³-hybridized carbons (Fsp3) is 0.500. The largest absolute Gasteiger partial charge is 0.345 e. The highest BCUT2D eigenvalue weighted by molar-refractivity contribution is 9.10. The van der Waals surface area contributed by atoms with Gasteiger partial charge in [-0.3, -0.25) is 4.79 Å². The molecule has 0 unspecified atom stereocenters. The molecular formula is C24H35BrN4O2. The third-order valence-corrected chi connectivity index (χ3v) is 5.68. The lowest BCUT2D eigenvalue weighted by atomic mass is 10.2. The highest BCUT2D eigenvalue weighted by Crippen LogP contribution is 2.15. The minimum absolute atomic E-state index is 0.00603. The zero-order valence-electron chi connectivity index (χ0n) is 19.2. The fourth-order valence-electron chi connectivity index (χ4n) is 3.43. The first kappa shape index (κ1) is 25.0. The molecule has 31 heavy (non-hydrogen) atoms. The van der Waals surface area contributed by atoms with Crippen molar-refractivity contribution in [3.8, 4) is 0 Å². The van der Waals surface area contributed by atoms with Crippen molar-refractivity contribution in [2.45, 2.75) is 46.2 Å². The molecule has 0 bridgehead atoms. The van der Waals surface area contributed by atoms with Crippen molar-refractivity contribution in [3.05, 3.63) is 58.3 Å². The Labute approximate surface area is 194 Å². The molecular weight excluding hydrogens is 456 g/mol. The maximum atomic E-state index is 13.2. The minimum Gasteiger partial charge on any atom is -0.345 e. The van der Waals surface area contributed by atoms with Crippen LogP contribution in [0.25, 0.3) is 0 Å². The van der Waals surface area contributed by atoms with Gasteiger partial charge in [0.05, 0.1) is 6.54 Å². The molecule has 0 saturated carbocycles. The van der Waals surface area contributed by atoms with Crippen molar-refractivity contribution >= 4 is 27.9 Å². The number of carbonyl (C=O) groups excluding carboxylic acids is 2. The molecule has 0 aliphatic rings. The van der Waals surface area contributed by atoms with E-state index in [1.165, 1.54) is 10.5 Å². The van der Waals surface area contributed by atoms with Crippen LogP contribution in [0.1, 0.15) is 44.4 Å². The van der Waals surface area contributed by atoms with Crippen molar-refractivity contribution in [2.75, 3.05) is 33.7 Å². The van der Waals surface area contributed by atoms with Crippen LogP contribution in [0.15, 0.2) is 47.1 Å². The zero-order valence-corrected chi connectivity index (χ0v) is 20.8. The van der Waals surface area contributed by atoms with Gasteiger partial charge in [-0.05, 0) is 42.7 Å². The standard InChI is InChI=1S/C24H35BrN4O2/c1-5-7-15-28(23(30)19-29(14-6-2)24(31)26(3)4)18-22-9-8-16-27(22)17-20-10-12-21(25)13-11-20/h8-13,16H,5-7,14-15,17-19H2,1-4H3. The van der Waals surface area contributed by atoms with Crippen molar-refractivity contribution in [1.29, 1.82) is 0 Å². The molecule has 2 rings (SSSR count). The Morgan fingerprint density at radius 3 is 2.29 bits per heavy atom. The van der Waals surface area contributed by atoms with Crippen LogP contribution in [0, 0.1) is 0 Å². The summed E-state index contributed by atoms with van der Waals surface area (Å²) < 4.78 is 3.24. The molecule has 0 aliphatic heterocycles. The summed E-state index contributed by atoms with van der Waals surface area (Å²) in [7, 11) is 3.44.